The molecule has 0 spiro atoms. The lowest BCUT2D eigenvalue weighted by molar-refractivity contribution is 0.104. The van der Waals surface area contributed by atoms with Crippen LogP contribution in [0.25, 0.3) is 55.5 Å². The van der Waals surface area contributed by atoms with Crippen LogP contribution in [-0.4, -0.2) is 10.8 Å². The summed E-state index contributed by atoms with van der Waals surface area (Å²) >= 11 is 0. The van der Waals surface area contributed by atoms with Crippen molar-refractivity contribution in [1.82, 2.24) is 4.98 Å². The van der Waals surface area contributed by atoms with E-state index in [1.807, 2.05) is 36.4 Å². The number of fused-ring (bicyclic) bond motifs is 6. The molecule has 1 heterocycles. The van der Waals surface area contributed by atoms with E-state index in [0.29, 0.717) is 0 Å². The van der Waals surface area contributed by atoms with E-state index in [9.17, 15) is 4.79 Å². The molecule has 2 aliphatic carbocycles. The molecular weight excluding hydrogens is 366 g/mol. The van der Waals surface area contributed by atoms with E-state index in [2.05, 4.69) is 54.6 Å². The van der Waals surface area contributed by atoms with Crippen LogP contribution in [-0.2, 0) is 0 Å². The van der Waals surface area contributed by atoms with Crippen molar-refractivity contribution < 1.29 is 4.79 Å². The van der Waals surface area contributed by atoms with Gasteiger partial charge in [0.15, 0.2) is 5.78 Å². The Labute approximate surface area is 173 Å². The highest BCUT2D eigenvalue weighted by Gasteiger charge is 2.30. The number of hydrogen-bond acceptors (Lipinski definition) is 2. The molecule has 0 N–H and O–H groups in total. The average Bonchev–Trinajstić information content (AvgIpc) is 3.28. The molecule has 0 radical (unpaired) electrons. The predicted molar refractivity (Wildman–Crippen MR) is 120 cm³/mol. The van der Waals surface area contributed by atoms with Gasteiger partial charge >= 0.3 is 0 Å². The third-order valence-electron chi connectivity index (χ3n) is 6.37. The number of rotatable bonds is 1. The average molecular weight is 381 g/mol. The van der Waals surface area contributed by atoms with E-state index >= 15 is 0 Å². The van der Waals surface area contributed by atoms with Gasteiger partial charge in [0.05, 0.1) is 11.2 Å². The van der Waals surface area contributed by atoms with Gasteiger partial charge in [0.1, 0.15) is 0 Å². The molecule has 0 aliphatic heterocycles. The van der Waals surface area contributed by atoms with Crippen LogP contribution in [0, 0.1) is 0 Å². The number of ketones is 1. The minimum Gasteiger partial charge on any atom is -0.289 e. The molecule has 2 heteroatoms. The van der Waals surface area contributed by atoms with Gasteiger partial charge in [0.2, 0.25) is 0 Å². The summed E-state index contributed by atoms with van der Waals surface area (Å²) in [6.07, 6.45) is 0. The van der Waals surface area contributed by atoms with Gasteiger partial charge in [-0.3, -0.25) is 4.79 Å². The first-order valence-corrected chi connectivity index (χ1v) is 10.1. The summed E-state index contributed by atoms with van der Waals surface area (Å²) in [4.78, 5) is 18.0. The Morgan fingerprint density at radius 2 is 1.10 bits per heavy atom. The van der Waals surface area contributed by atoms with Gasteiger partial charge in [-0.1, -0.05) is 78.9 Å². The fourth-order valence-corrected chi connectivity index (χ4v) is 5.10. The molecule has 7 rings (SSSR count). The molecule has 138 valence electrons. The molecule has 0 unspecified atom stereocenters. The summed E-state index contributed by atoms with van der Waals surface area (Å²) in [5.41, 5.74) is 11.4. The zero-order valence-electron chi connectivity index (χ0n) is 16.0. The second-order valence-electron chi connectivity index (χ2n) is 7.90. The molecule has 30 heavy (non-hydrogen) atoms. The fraction of sp³-hybridized carbons (Fsp3) is 0. The fourth-order valence-electron chi connectivity index (χ4n) is 5.10. The van der Waals surface area contributed by atoms with Gasteiger partial charge in [-0.15, -0.1) is 0 Å². The monoisotopic (exact) mass is 381 g/mol. The van der Waals surface area contributed by atoms with Crippen LogP contribution in [0.4, 0.5) is 0 Å². The van der Waals surface area contributed by atoms with E-state index in [-0.39, 0.29) is 5.78 Å². The van der Waals surface area contributed by atoms with Gasteiger partial charge in [0, 0.05) is 27.6 Å². The van der Waals surface area contributed by atoms with Gasteiger partial charge in [-0.2, -0.15) is 0 Å². The Hall–Kier alpha value is -4.04. The van der Waals surface area contributed by atoms with Crippen LogP contribution < -0.4 is 0 Å². The Balaban J connectivity index is 1.57. The number of carbonyl (C=O) groups excluding carboxylic acids is 1. The zero-order chi connectivity index (χ0) is 19.8. The van der Waals surface area contributed by atoms with Crippen LogP contribution >= 0.6 is 0 Å². The smallest absolute Gasteiger partial charge is 0.194 e. The second-order valence-corrected chi connectivity index (χ2v) is 7.90. The maximum absolute atomic E-state index is 13.0. The minimum atomic E-state index is 0.0976. The number of hydrogen-bond donors (Lipinski definition) is 0. The second kappa shape index (κ2) is 5.52. The van der Waals surface area contributed by atoms with Crippen molar-refractivity contribution in [3.63, 3.8) is 0 Å². The van der Waals surface area contributed by atoms with Gasteiger partial charge in [-0.25, -0.2) is 4.98 Å². The Morgan fingerprint density at radius 3 is 1.93 bits per heavy atom. The molecule has 0 bridgehead atoms. The first-order chi connectivity index (χ1) is 14.8. The van der Waals surface area contributed by atoms with E-state index < -0.39 is 0 Å². The molecule has 0 saturated heterocycles. The lowest BCUT2D eigenvalue weighted by Crippen LogP contribution is -1.95. The molecule has 0 saturated carbocycles. The lowest BCUT2D eigenvalue weighted by atomic mass is 9.95. The maximum atomic E-state index is 13.0. The molecule has 1 aromatic heterocycles. The van der Waals surface area contributed by atoms with Crippen LogP contribution in [0.5, 0.6) is 0 Å². The highest BCUT2D eigenvalue weighted by atomic mass is 16.1. The Bertz CT molecular complexity index is 1560. The summed E-state index contributed by atoms with van der Waals surface area (Å²) in [6.45, 7) is 0. The van der Waals surface area contributed by atoms with Gasteiger partial charge in [0.25, 0.3) is 0 Å². The molecule has 0 fully saturated rings. The van der Waals surface area contributed by atoms with Crippen molar-refractivity contribution >= 4 is 16.7 Å². The summed E-state index contributed by atoms with van der Waals surface area (Å²) in [6, 6.07) is 30.9. The van der Waals surface area contributed by atoms with E-state index in [1.165, 1.54) is 27.6 Å². The normalized spacial score (nSPS) is 12.7. The summed E-state index contributed by atoms with van der Waals surface area (Å²) < 4.78 is 0. The highest BCUT2D eigenvalue weighted by molar-refractivity contribution is 6.24. The van der Waals surface area contributed by atoms with Gasteiger partial charge in [-0.05, 0) is 39.9 Å². The predicted octanol–water partition coefficient (Wildman–Crippen LogP) is 6.76. The largest absolute Gasteiger partial charge is 0.289 e. The quantitative estimate of drug-likeness (QED) is 0.314. The number of nitrogens with zero attached hydrogens (tertiary/aromatic N) is 1. The molecule has 2 nitrogen and oxygen atoms in total. The molecular formula is C28H15NO. The van der Waals surface area contributed by atoms with Crippen molar-refractivity contribution in [2.45, 2.75) is 0 Å². The minimum absolute atomic E-state index is 0.0976. The third-order valence-corrected chi connectivity index (χ3v) is 6.37. The summed E-state index contributed by atoms with van der Waals surface area (Å²) in [7, 11) is 0. The standard InChI is InChI=1S/C28H15NO/c30-28-20-10-4-3-9-19(20)26-21(12-5-13-22(26)28)25-15-23-17-8-2-1-7-16(17)18-11-6-14-24(29-25)27(18)23/h1-15H. The van der Waals surface area contributed by atoms with E-state index in [1.54, 1.807) is 0 Å². The molecule has 0 amide bonds. The van der Waals surface area contributed by atoms with Crippen molar-refractivity contribution in [2.24, 2.45) is 0 Å². The molecule has 0 atom stereocenters. The van der Waals surface area contributed by atoms with E-state index in [4.69, 9.17) is 4.98 Å². The van der Waals surface area contributed by atoms with Crippen LogP contribution in [0.1, 0.15) is 15.9 Å². The molecule has 5 aromatic rings. The number of aromatic nitrogens is 1. The summed E-state index contributed by atoms with van der Waals surface area (Å²) in [5.74, 6) is 0.0976. The first-order valence-electron chi connectivity index (χ1n) is 10.1. The highest BCUT2D eigenvalue weighted by Crippen LogP contribution is 2.49. The zero-order valence-corrected chi connectivity index (χ0v) is 16.0. The number of pyridine rings is 1. The Morgan fingerprint density at radius 1 is 0.500 bits per heavy atom. The van der Waals surface area contributed by atoms with Crippen molar-refractivity contribution in [2.75, 3.05) is 0 Å². The third kappa shape index (κ3) is 1.88. The van der Waals surface area contributed by atoms with Crippen molar-refractivity contribution in [3.05, 3.63) is 102 Å². The Kier molecular flexibility index (Phi) is 2.91. The first kappa shape index (κ1) is 15.8. The van der Waals surface area contributed by atoms with Crippen LogP contribution in [0.3, 0.4) is 0 Å². The van der Waals surface area contributed by atoms with Crippen molar-refractivity contribution in [1.29, 1.82) is 0 Å². The lowest BCUT2D eigenvalue weighted by Gasteiger charge is -2.11. The van der Waals surface area contributed by atoms with Crippen LogP contribution in [0.2, 0.25) is 0 Å². The number of benzene rings is 4. The van der Waals surface area contributed by atoms with E-state index in [0.717, 1.165) is 39.0 Å². The topological polar surface area (TPSA) is 30.0 Å². The molecule has 2 aliphatic rings. The number of carbonyl (C=O) groups is 1. The van der Waals surface area contributed by atoms with Gasteiger partial charge < -0.3 is 0 Å². The maximum Gasteiger partial charge on any atom is 0.194 e. The SMILES string of the molecule is O=C1c2ccccc2-c2c1cccc2-c1cc2c3c(cccc3n1)-c1ccccc1-2. The summed E-state index contributed by atoms with van der Waals surface area (Å²) in [5, 5.41) is 1.21. The van der Waals surface area contributed by atoms with Crippen LogP contribution in [0.15, 0.2) is 91.0 Å². The van der Waals surface area contributed by atoms with Crippen molar-refractivity contribution in [3.8, 4) is 44.6 Å². The molecule has 4 aromatic carbocycles.